The predicted molar refractivity (Wildman–Crippen MR) is 139 cm³/mol. The average molecular weight is 599 g/mol. The molecule has 0 spiro atoms. The van der Waals surface area contributed by atoms with Gasteiger partial charge in [0.05, 0.1) is 34.1 Å². The molecule has 4 aliphatic heterocycles. The second-order valence-corrected chi connectivity index (χ2v) is 11.7. The van der Waals surface area contributed by atoms with Crippen molar-refractivity contribution in [2.45, 2.75) is 61.9 Å². The number of piperazine rings is 1. The van der Waals surface area contributed by atoms with E-state index in [1.807, 2.05) is 4.90 Å². The van der Waals surface area contributed by atoms with Gasteiger partial charge in [-0.3, -0.25) is 9.80 Å². The van der Waals surface area contributed by atoms with Gasteiger partial charge in [-0.1, -0.05) is 17.7 Å². The van der Waals surface area contributed by atoms with Crippen LogP contribution in [0.2, 0.25) is 5.02 Å². The topological polar surface area (TPSA) is 82.0 Å². The third kappa shape index (κ3) is 3.96. The molecule has 8 nitrogen and oxygen atoms in total. The number of rotatable bonds is 5. The van der Waals surface area contributed by atoms with Crippen LogP contribution in [0.15, 0.2) is 23.2 Å². The van der Waals surface area contributed by atoms with Gasteiger partial charge in [0.1, 0.15) is 24.1 Å². The Labute approximate surface area is 226 Å². The van der Waals surface area contributed by atoms with Crippen LogP contribution in [0, 0.1) is 5.82 Å². The molecule has 0 unspecified atom stereocenters. The largest absolute Gasteiger partial charge is 0.465 e. The van der Waals surface area contributed by atoms with E-state index < -0.39 is 23.6 Å². The van der Waals surface area contributed by atoms with E-state index in [2.05, 4.69) is 32.4 Å². The van der Waals surface area contributed by atoms with Gasteiger partial charge in [0, 0.05) is 24.0 Å². The summed E-state index contributed by atoms with van der Waals surface area (Å²) in [5.74, 6) is -0.272. The molecule has 1 aromatic heterocycles. The number of amides is 1. The Morgan fingerprint density at radius 1 is 1.38 bits per heavy atom. The van der Waals surface area contributed by atoms with Crippen LogP contribution in [0.3, 0.4) is 0 Å². The molecular weight excluding hydrogens is 572 g/mol. The highest BCUT2D eigenvalue weighted by molar-refractivity contribution is 9.10. The quantitative estimate of drug-likeness (QED) is 0.382. The molecule has 4 fully saturated rings. The van der Waals surface area contributed by atoms with Crippen molar-refractivity contribution in [1.82, 2.24) is 19.8 Å². The monoisotopic (exact) mass is 597 g/mol. The number of carboxylic acid groups (broad SMARTS) is 1. The molecule has 2 bridgehead atoms. The van der Waals surface area contributed by atoms with Crippen molar-refractivity contribution < 1.29 is 23.4 Å². The highest BCUT2D eigenvalue weighted by Gasteiger charge is 2.50. The van der Waals surface area contributed by atoms with E-state index in [0.717, 1.165) is 19.4 Å². The molecule has 4 saturated heterocycles. The summed E-state index contributed by atoms with van der Waals surface area (Å²) in [5.41, 5.74) is -0.410. The number of nitrogens with zero attached hydrogens (tertiary/aromatic N) is 5. The molecule has 12 heteroatoms. The van der Waals surface area contributed by atoms with Crippen LogP contribution < -0.4 is 9.64 Å². The second kappa shape index (κ2) is 9.20. The maximum atomic E-state index is 15.3. The fraction of sp³-hybridized carbons (Fsp3) is 0.560. The summed E-state index contributed by atoms with van der Waals surface area (Å²) >= 11 is 9.67. The summed E-state index contributed by atoms with van der Waals surface area (Å²) in [5, 5.41) is 10.1. The highest BCUT2D eigenvalue weighted by Crippen LogP contribution is 2.44. The Hall–Kier alpha value is -2.24. The van der Waals surface area contributed by atoms with E-state index in [0.29, 0.717) is 48.0 Å². The first kappa shape index (κ1) is 25.1. The van der Waals surface area contributed by atoms with Crippen molar-refractivity contribution in [3.05, 3.63) is 34.0 Å². The highest BCUT2D eigenvalue weighted by atomic mass is 79.9. The fourth-order valence-corrected chi connectivity index (χ4v) is 7.81. The third-order valence-electron chi connectivity index (χ3n) is 8.45. The predicted octanol–water partition coefficient (Wildman–Crippen LogP) is 5.03. The van der Waals surface area contributed by atoms with Gasteiger partial charge in [0.2, 0.25) is 0 Å². The molecule has 4 aliphatic rings. The van der Waals surface area contributed by atoms with Crippen LogP contribution in [-0.4, -0.2) is 87.0 Å². The molecule has 0 aliphatic carbocycles. The molecule has 1 amide bonds. The minimum Gasteiger partial charge on any atom is -0.465 e. The first-order valence-electron chi connectivity index (χ1n) is 12.5. The van der Waals surface area contributed by atoms with Gasteiger partial charge >= 0.3 is 12.1 Å². The summed E-state index contributed by atoms with van der Waals surface area (Å²) in [6, 6.07) is 0.541. The van der Waals surface area contributed by atoms with Crippen LogP contribution >= 0.6 is 27.5 Å². The molecule has 2 aromatic rings. The number of hydrogen-bond acceptors (Lipinski definition) is 6. The Kier molecular flexibility index (Phi) is 6.23. The summed E-state index contributed by atoms with van der Waals surface area (Å²) in [6.07, 6.45) is 3.43. The Morgan fingerprint density at radius 2 is 2.19 bits per heavy atom. The van der Waals surface area contributed by atoms with Crippen LogP contribution in [0.1, 0.15) is 32.1 Å². The van der Waals surface area contributed by atoms with Gasteiger partial charge < -0.3 is 14.7 Å². The zero-order valence-electron chi connectivity index (χ0n) is 20.0. The van der Waals surface area contributed by atoms with Crippen LogP contribution in [0.25, 0.3) is 10.9 Å². The number of benzene rings is 1. The molecule has 0 saturated carbocycles. The number of halogens is 4. The Bertz CT molecular complexity index is 1290. The van der Waals surface area contributed by atoms with Gasteiger partial charge in [-0.15, -0.1) is 6.58 Å². The first-order chi connectivity index (χ1) is 17.7. The number of carbonyl (C=O) groups is 1. The third-order valence-corrected chi connectivity index (χ3v) is 9.35. The average Bonchev–Trinajstić information content (AvgIpc) is 3.49. The molecule has 0 radical (unpaired) electrons. The molecule has 1 aromatic carbocycles. The number of fused-ring (bicyclic) bond motifs is 4. The van der Waals surface area contributed by atoms with Crippen molar-refractivity contribution in [2.75, 3.05) is 31.1 Å². The van der Waals surface area contributed by atoms with E-state index in [1.54, 1.807) is 6.08 Å². The fourth-order valence-electron chi connectivity index (χ4n) is 6.88. The van der Waals surface area contributed by atoms with Crippen molar-refractivity contribution in [1.29, 1.82) is 0 Å². The molecular formula is C25H27BrClF2N5O3. The minimum absolute atomic E-state index is 0.00534. The Morgan fingerprint density at radius 3 is 2.95 bits per heavy atom. The maximum Gasteiger partial charge on any atom is 0.407 e. The van der Waals surface area contributed by atoms with E-state index in [-0.39, 0.29) is 41.3 Å². The number of aromatic nitrogens is 2. The molecule has 5 atom stereocenters. The minimum atomic E-state index is -0.960. The SMILES string of the molecule is C=C[C@@H]1[C@@H]2CC[C@H](CN1c1nc(OC[C@@]34CCCN3C[C@H](F)C4)nc3c(F)c(Cl)cc(Br)c13)N2C(=O)O. The van der Waals surface area contributed by atoms with Crippen molar-refractivity contribution >= 4 is 50.3 Å². The lowest BCUT2D eigenvalue weighted by Gasteiger charge is -2.45. The smallest absolute Gasteiger partial charge is 0.407 e. The summed E-state index contributed by atoms with van der Waals surface area (Å²) in [4.78, 5) is 26.7. The molecule has 198 valence electrons. The molecule has 37 heavy (non-hydrogen) atoms. The van der Waals surface area contributed by atoms with Gasteiger partial charge in [-0.2, -0.15) is 9.97 Å². The number of alkyl halides is 1. The van der Waals surface area contributed by atoms with E-state index in [4.69, 9.17) is 21.3 Å². The van der Waals surface area contributed by atoms with Crippen molar-refractivity contribution in [3.63, 3.8) is 0 Å². The second-order valence-electron chi connectivity index (χ2n) is 10.4. The van der Waals surface area contributed by atoms with E-state index in [9.17, 15) is 14.3 Å². The normalized spacial score (nSPS) is 31.2. The number of anilines is 1. The standard InChI is InChI=1S/C25H27BrClF2N5O3/c1-2-17-18-5-4-14(34(18)24(35)36)11-33(17)22-19-15(26)8-16(27)20(29)21(19)30-23(31-22)37-12-25-6-3-7-32(25)10-13(28)9-25/h2,8,13-14,17-18H,1,3-7,9-12H2,(H,35,36)/t13-,14-,17-,18+,25+/m1/s1. The van der Waals surface area contributed by atoms with Crippen LogP contribution in [-0.2, 0) is 0 Å². The van der Waals surface area contributed by atoms with Gasteiger partial charge in [0.25, 0.3) is 0 Å². The summed E-state index contributed by atoms with van der Waals surface area (Å²) in [7, 11) is 0. The first-order valence-corrected chi connectivity index (χ1v) is 13.7. The zero-order valence-corrected chi connectivity index (χ0v) is 22.4. The van der Waals surface area contributed by atoms with Gasteiger partial charge in [0.15, 0.2) is 5.82 Å². The lowest BCUT2D eigenvalue weighted by molar-refractivity contribution is 0.105. The molecule has 5 heterocycles. The number of hydrogen-bond donors (Lipinski definition) is 1. The van der Waals surface area contributed by atoms with E-state index in [1.165, 1.54) is 11.0 Å². The summed E-state index contributed by atoms with van der Waals surface area (Å²) < 4.78 is 36.2. The zero-order chi connectivity index (χ0) is 26.1. The van der Waals surface area contributed by atoms with Crippen LogP contribution in [0.5, 0.6) is 6.01 Å². The van der Waals surface area contributed by atoms with E-state index >= 15 is 4.39 Å². The summed E-state index contributed by atoms with van der Waals surface area (Å²) in [6.45, 7) is 5.75. The molecule has 1 N–H and O–H groups in total. The van der Waals surface area contributed by atoms with Gasteiger partial charge in [-0.25, -0.2) is 13.6 Å². The lowest BCUT2D eigenvalue weighted by atomic mass is 9.95. The molecule has 6 rings (SSSR count). The van der Waals surface area contributed by atoms with Crippen LogP contribution in [0.4, 0.5) is 19.4 Å². The van der Waals surface area contributed by atoms with Gasteiger partial charge in [-0.05, 0) is 54.2 Å². The van der Waals surface area contributed by atoms with Crippen molar-refractivity contribution in [2.24, 2.45) is 0 Å². The number of ether oxygens (including phenoxy) is 1. The Balaban J connectivity index is 1.42. The maximum absolute atomic E-state index is 15.3. The lowest BCUT2D eigenvalue weighted by Crippen LogP contribution is -2.60. The van der Waals surface area contributed by atoms with Crippen molar-refractivity contribution in [3.8, 4) is 6.01 Å².